The molecule has 0 saturated heterocycles. The first-order chi connectivity index (χ1) is 9.63. The van der Waals surface area contributed by atoms with Crippen molar-refractivity contribution in [3.63, 3.8) is 0 Å². The minimum absolute atomic E-state index is 0.0596. The topological polar surface area (TPSA) is 66.8 Å². The van der Waals surface area contributed by atoms with Crippen molar-refractivity contribution in [2.24, 2.45) is 0 Å². The Morgan fingerprint density at radius 2 is 1.95 bits per heavy atom. The van der Waals surface area contributed by atoms with Crippen LogP contribution in [0.3, 0.4) is 0 Å². The molecule has 0 aliphatic heterocycles. The highest BCUT2D eigenvalue weighted by Gasteiger charge is 2.16. The van der Waals surface area contributed by atoms with E-state index in [-0.39, 0.29) is 19.1 Å². The Labute approximate surface area is 119 Å². The van der Waals surface area contributed by atoms with Gasteiger partial charge in [-0.3, -0.25) is 9.59 Å². The van der Waals surface area contributed by atoms with Crippen molar-refractivity contribution >= 4 is 11.9 Å². The average molecular weight is 279 g/mol. The van der Waals surface area contributed by atoms with Crippen LogP contribution in [0.5, 0.6) is 0 Å². The van der Waals surface area contributed by atoms with Gasteiger partial charge >= 0.3 is 5.97 Å². The second-order valence-electron chi connectivity index (χ2n) is 4.50. The summed E-state index contributed by atoms with van der Waals surface area (Å²) < 4.78 is 5.18. The summed E-state index contributed by atoms with van der Waals surface area (Å²) in [4.78, 5) is 24.1. The fraction of sp³-hybridized carbons (Fsp3) is 0.467. The van der Waals surface area contributed by atoms with Gasteiger partial charge < -0.3 is 14.7 Å². The van der Waals surface area contributed by atoms with Crippen LogP contribution in [-0.4, -0.2) is 48.2 Å². The summed E-state index contributed by atoms with van der Waals surface area (Å²) in [5, 5.41) is 8.87. The molecule has 0 aliphatic carbocycles. The van der Waals surface area contributed by atoms with Crippen molar-refractivity contribution in [2.75, 3.05) is 26.3 Å². The smallest absolute Gasteiger partial charge is 0.323 e. The highest BCUT2D eigenvalue weighted by atomic mass is 16.5. The van der Waals surface area contributed by atoms with Gasteiger partial charge in [-0.1, -0.05) is 37.3 Å². The molecule has 0 aromatic heterocycles. The molecule has 1 aromatic carbocycles. The summed E-state index contributed by atoms with van der Waals surface area (Å²) in [6.07, 6.45) is 1.46. The molecule has 5 heteroatoms. The van der Waals surface area contributed by atoms with Gasteiger partial charge in [0.1, 0.15) is 13.2 Å². The molecule has 1 rings (SSSR count). The number of amides is 1. The van der Waals surface area contributed by atoms with E-state index in [2.05, 4.69) is 0 Å². The minimum Gasteiger partial charge on any atom is -0.480 e. The normalized spacial score (nSPS) is 10.2. The van der Waals surface area contributed by atoms with Gasteiger partial charge in [0.2, 0.25) is 5.91 Å². The molecule has 1 amide bonds. The third-order valence-corrected chi connectivity index (χ3v) is 2.77. The number of carboxylic acids is 1. The zero-order valence-electron chi connectivity index (χ0n) is 11.7. The van der Waals surface area contributed by atoms with Gasteiger partial charge in [-0.2, -0.15) is 0 Å². The number of nitrogens with zero attached hydrogens (tertiary/aromatic N) is 1. The molecule has 1 aromatic rings. The van der Waals surface area contributed by atoms with E-state index in [0.717, 1.165) is 12.0 Å². The SMILES string of the molecule is CCCOCC(=O)N(CCc1ccccc1)CC(=O)O. The summed E-state index contributed by atoms with van der Waals surface area (Å²) in [6, 6.07) is 9.67. The first kappa shape index (κ1) is 16.2. The zero-order chi connectivity index (χ0) is 14.8. The molecule has 110 valence electrons. The van der Waals surface area contributed by atoms with Crippen LogP contribution in [0.15, 0.2) is 30.3 Å². The van der Waals surface area contributed by atoms with E-state index in [1.54, 1.807) is 0 Å². The van der Waals surface area contributed by atoms with E-state index in [4.69, 9.17) is 9.84 Å². The van der Waals surface area contributed by atoms with Gasteiger partial charge in [0.05, 0.1) is 0 Å². The Balaban J connectivity index is 2.50. The van der Waals surface area contributed by atoms with Crippen LogP contribution in [0.2, 0.25) is 0 Å². The van der Waals surface area contributed by atoms with Gasteiger partial charge in [0, 0.05) is 13.2 Å². The Bertz CT molecular complexity index is 419. The fourth-order valence-corrected chi connectivity index (χ4v) is 1.76. The van der Waals surface area contributed by atoms with E-state index in [9.17, 15) is 9.59 Å². The number of hydrogen-bond acceptors (Lipinski definition) is 3. The summed E-state index contributed by atoms with van der Waals surface area (Å²) in [6.45, 7) is 2.49. The Kier molecular flexibility index (Phi) is 7.35. The molecule has 0 saturated carbocycles. The second-order valence-corrected chi connectivity index (χ2v) is 4.50. The lowest BCUT2D eigenvalue weighted by Gasteiger charge is -2.20. The maximum Gasteiger partial charge on any atom is 0.323 e. The third-order valence-electron chi connectivity index (χ3n) is 2.77. The zero-order valence-corrected chi connectivity index (χ0v) is 11.7. The van der Waals surface area contributed by atoms with Crippen LogP contribution < -0.4 is 0 Å². The van der Waals surface area contributed by atoms with Crippen LogP contribution in [-0.2, 0) is 20.7 Å². The maximum atomic E-state index is 11.9. The van der Waals surface area contributed by atoms with Crippen molar-refractivity contribution in [3.8, 4) is 0 Å². The predicted molar refractivity (Wildman–Crippen MR) is 75.5 cm³/mol. The number of carbonyl (C=O) groups is 2. The first-order valence-electron chi connectivity index (χ1n) is 6.74. The van der Waals surface area contributed by atoms with Gasteiger partial charge in [0.15, 0.2) is 0 Å². The van der Waals surface area contributed by atoms with E-state index in [0.29, 0.717) is 19.6 Å². The molecule has 0 fully saturated rings. The molecule has 0 spiro atoms. The molecule has 0 radical (unpaired) electrons. The van der Waals surface area contributed by atoms with Gasteiger partial charge in [-0.05, 0) is 18.4 Å². The molecule has 20 heavy (non-hydrogen) atoms. The summed E-state index contributed by atoms with van der Waals surface area (Å²) in [7, 11) is 0. The molecule has 5 nitrogen and oxygen atoms in total. The number of benzene rings is 1. The molecule has 0 heterocycles. The number of carboxylic acid groups (broad SMARTS) is 1. The van der Waals surface area contributed by atoms with Crippen molar-refractivity contribution in [1.82, 2.24) is 4.90 Å². The van der Waals surface area contributed by atoms with E-state index in [1.165, 1.54) is 4.90 Å². The number of ether oxygens (including phenoxy) is 1. The molecular formula is C15H21NO4. The molecule has 1 N–H and O–H groups in total. The molecule has 0 unspecified atom stereocenters. The van der Waals surface area contributed by atoms with Crippen LogP contribution in [0, 0.1) is 0 Å². The maximum absolute atomic E-state index is 11.9. The predicted octanol–water partition coefficient (Wildman–Crippen LogP) is 1.57. The number of carbonyl (C=O) groups excluding carboxylic acids is 1. The average Bonchev–Trinajstić information content (AvgIpc) is 2.44. The lowest BCUT2D eigenvalue weighted by molar-refractivity contribution is -0.146. The largest absolute Gasteiger partial charge is 0.480 e. The van der Waals surface area contributed by atoms with Gasteiger partial charge in [-0.15, -0.1) is 0 Å². The molecule has 0 atom stereocenters. The van der Waals surface area contributed by atoms with Crippen LogP contribution in [0.4, 0.5) is 0 Å². The summed E-state index contributed by atoms with van der Waals surface area (Å²) in [5.41, 5.74) is 1.07. The lowest BCUT2D eigenvalue weighted by atomic mass is 10.1. The van der Waals surface area contributed by atoms with Crippen molar-refractivity contribution in [1.29, 1.82) is 0 Å². The molecular weight excluding hydrogens is 258 g/mol. The van der Waals surface area contributed by atoms with E-state index >= 15 is 0 Å². The number of aliphatic carboxylic acids is 1. The van der Waals surface area contributed by atoms with Crippen LogP contribution >= 0.6 is 0 Å². The first-order valence-corrected chi connectivity index (χ1v) is 6.74. The van der Waals surface area contributed by atoms with Crippen LogP contribution in [0.25, 0.3) is 0 Å². The highest BCUT2D eigenvalue weighted by molar-refractivity contribution is 5.82. The van der Waals surface area contributed by atoms with Crippen molar-refractivity contribution < 1.29 is 19.4 Å². The number of hydrogen-bond donors (Lipinski definition) is 1. The minimum atomic E-state index is -1.01. The third kappa shape index (κ3) is 6.33. The second kappa shape index (κ2) is 9.09. The lowest BCUT2D eigenvalue weighted by Crippen LogP contribution is -2.39. The van der Waals surface area contributed by atoms with Crippen molar-refractivity contribution in [3.05, 3.63) is 35.9 Å². The Hall–Kier alpha value is -1.88. The fourth-order valence-electron chi connectivity index (χ4n) is 1.76. The Morgan fingerprint density at radius 1 is 1.25 bits per heavy atom. The quantitative estimate of drug-likeness (QED) is 0.697. The molecule has 0 bridgehead atoms. The van der Waals surface area contributed by atoms with E-state index < -0.39 is 5.97 Å². The molecule has 0 aliphatic rings. The highest BCUT2D eigenvalue weighted by Crippen LogP contribution is 2.02. The monoisotopic (exact) mass is 279 g/mol. The van der Waals surface area contributed by atoms with Gasteiger partial charge in [-0.25, -0.2) is 0 Å². The van der Waals surface area contributed by atoms with E-state index in [1.807, 2.05) is 37.3 Å². The Morgan fingerprint density at radius 3 is 2.55 bits per heavy atom. The van der Waals surface area contributed by atoms with Crippen molar-refractivity contribution in [2.45, 2.75) is 19.8 Å². The number of rotatable bonds is 9. The van der Waals surface area contributed by atoms with Gasteiger partial charge in [0.25, 0.3) is 0 Å². The summed E-state index contributed by atoms with van der Waals surface area (Å²) >= 11 is 0. The summed E-state index contributed by atoms with van der Waals surface area (Å²) in [5.74, 6) is -1.29. The standard InChI is InChI=1S/C15H21NO4/c1-2-10-20-12-14(17)16(11-15(18)19)9-8-13-6-4-3-5-7-13/h3-7H,2,8-12H2,1H3,(H,18,19). The van der Waals surface area contributed by atoms with Crippen LogP contribution in [0.1, 0.15) is 18.9 Å².